The van der Waals surface area contributed by atoms with Crippen molar-refractivity contribution in [3.63, 3.8) is 0 Å². The Labute approximate surface area is 193 Å². The molecule has 0 radical (unpaired) electrons. The second kappa shape index (κ2) is 12.9. The van der Waals surface area contributed by atoms with Crippen molar-refractivity contribution in [2.45, 2.75) is 80.3 Å². The maximum atomic E-state index is 12.8. The van der Waals surface area contributed by atoms with Crippen LogP contribution in [0.1, 0.15) is 74.1 Å². The largest absolute Gasteiger partial charge is 0.454 e. The van der Waals surface area contributed by atoms with Crippen LogP contribution < -0.4 is 0 Å². The molecule has 0 saturated carbocycles. The van der Waals surface area contributed by atoms with E-state index in [1.807, 2.05) is 31.2 Å². The van der Waals surface area contributed by atoms with Gasteiger partial charge in [0.1, 0.15) is 5.78 Å². The third-order valence-corrected chi connectivity index (χ3v) is 5.41. The number of ketones is 2. The van der Waals surface area contributed by atoms with Gasteiger partial charge in [-0.1, -0.05) is 80.5 Å². The van der Waals surface area contributed by atoms with E-state index in [0.29, 0.717) is 12.0 Å². The van der Waals surface area contributed by atoms with E-state index in [1.54, 1.807) is 6.92 Å². The molecule has 1 rings (SSSR count). The molecule has 0 bridgehead atoms. The van der Waals surface area contributed by atoms with E-state index in [0.717, 1.165) is 17.6 Å². The van der Waals surface area contributed by atoms with E-state index in [4.69, 9.17) is 4.74 Å². The van der Waals surface area contributed by atoms with Gasteiger partial charge in [-0.25, -0.2) is 0 Å². The van der Waals surface area contributed by atoms with Crippen LogP contribution in [-0.2, 0) is 19.1 Å². The Morgan fingerprint density at radius 1 is 1.03 bits per heavy atom. The fraction of sp³-hybridized carbons (Fsp3) is 0.464. The highest BCUT2D eigenvalue weighted by Crippen LogP contribution is 2.40. The summed E-state index contributed by atoms with van der Waals surface area (Å²) >= 11 is 0. The molecule has 1 aliphatic carbocycles. The topological polar surface area (TPSA) is 60.4 Å². The Kier molecular flexibility index (Phi) is 11.0. The van der Waals surface area contributed by atoms with Crippen molar-refractivity contribution in [1.29, 1.82) is 0 Å². The van der Waals surface area contributed by atoms with Crippen molar-refractivity contribution in [3.05, 3.63) is 70.9 Å². The molecule has 1 atom stereocenters. The monoisotopic (exact) mass is 438 g/mol. The lowest BCUT2D eigenvalue weighted by Crippen LogP contribution is -2.39. The average Bonchev–Trinajstić information content (AvgIpc) is 2.70. The van der Waals surface area contributed by atoms with Gasteiger partial charge in [0.25, 0.3) is 0 Å². The van der Waals surface area contributed by atoms with Crippen molar-refractivity contribution >= 4 is 17.5 Å². The lowest BCUT2D eigenvalue weighted by molar-refractivity contribution is -0.156. The van der Waals surface area contributed by atoms with Crippen LogP contribution >= 0.6 is 0 Å². The van der Waals surface area contributed by atoms with Crippen molar-refractivity contribution in [1.82, 2.24) is 0 Å². The third kappa shape index (κ3) is 9.17. The van der Waals surface area contributed by atoms with Gasteiger partial charge in [0.15, 0.2) is 11.9 Å². The Hall–Kier alpha value is -2.75. The van der Waals surface area contributed by atoms with Crippen molar-refractivity contribution in [2.24, 2.45) is 5.41 Å². The van der Waals surface area contributed by atoms with Gasteiger partial charge in [-0.05, 0) is 50.7 Å². The summed E-state index contributed by atoms with van der Waals surface area (Å²) in [5.74, 6) is -0.734. The van der Waals surface area contributed by atoms with E-state index >= 15 is 0 Å². The first-order valence-electron chi connectivity index (χ1n) is 11.3. The molecule has 0 aromatic carbocycles. The molecule has 4 heteroatoms. The summed E-state index contributed by atoms with van der Waals surface area (Å²) in [5, 5.41) is 0. The predicted octanol–water partition coefficient (Wildman–Crippen LogP) is 6.55. The molecule has 1 unspecified atom stereocenters. The molecule has 0 fully saturated rings. The molecule has 0 spiro atoms. The Bertz CT molecular complexity index is 888. The second-order valence-corrected chi connectivity index (χ2v) is 9.02. The zero-order chi connectivity index (χ0) is 24.3. The Balaban J connectivity index is 2.92. The van der Waals surface area contributed by atoms with Crippen LogP contribution in [0.3, 0.4) is 0 Å². The van der Waals surface area contributed by atoms with Gasteiger partial charge in [0.2, 0.25) is 0 Å². The van der Waals surface area contributed by atoms with Gasteiger partial charge >= 0.3 is 5.97 Å². The fourth-order valence-corrected chi connectivity index (χ4v) is 3.52. The SMILES string of the molecule is CC/C=C/C=C(C)/C=C/C=C(C)/C=C/C1=C(C)C(=O)C(OC(=O)CCC(C)=O)CC1(C)C. The number of rotatable bonds is 10. The lowest BCUT2D eigenvalue weighted by atomic mass is 9.71. The third-order valence-electron chi connectivity index (χ3n) is 5.41. The summed E-state index contributed by atoms with van der Waals surface area (Å²) in [7, 11) is 0. The molecule has 0 aromatic heterocycles. The minimum absolute atomic E-state index is 0.0100. The first kappa shape index (κ1) is 27.3. The second-order valence-electron chi connectivity index (χ2n) is 9.02. The highest BCUT2D eigenvalue weighted by atomic mass is 16.5. The minimum Gasteiger partial charge on any atom is -0.454 e. The predicted molar refractivity (Wildman–Crippen MR) is 131 cm³/mol. The maximum Gasteiger partial charge on any atom is 0.306 e. The number of Topliss-reactive ketones (excluding diaryl/α,β-unsaturated/α-hetero) is 2. The van der Waals surface area contributed by atoms with Crippen LogP contribution in [-0.4, -0.2) is 23.6 Å². The number of carbonyl (C=O) groups excluding carboxylic acids is 3. The minimum atomic E-state index is -0.794. The Morgan fingerprint density at radius 2 is 1.66 bits per heavy atom. The molecule has 0 aromatic rings. The molecule has 0 heterocycles. The van der Waals surface area contributed by atoms with Gasteiger partial charge in [-0.15, -0.1) is 0 Å². The zero-order valence-electron chi connectivity index (χ0n) is 20.7. The fourth-order valence-electron chi connectivity index (χ4n) is 3.52. The smallest absolute Gasteiger partial charge is 0.306 e. The molecule has 4 nitrogen and oxygen atoms in total. The van der Waals surface area contributed by atoms with E-state index < -0.39 is 12.1 Å². The first-order valence-corrected chi connectivity index (χ1v) is 11.3. The molecular formula is C28H38O4. The van der Waals surface area contributed by atoms with E-state index in [-0.39, 0.29) is 29.8 Å². The van der Waals surface area contributed by atoms with Crippen molar-refractivity contribution in [3.8, 4) is 0 Å². The number of ether oxygens (including phenoxy) is 1. The van der Waals surface area contributed by atoms with Gasteiger partial charge in [0.05, 0.1) is 6.42 Å². The highest BCUT2D eigenvalue weighted by Gasteiger charge is 2.39. The van der Waals surface area contributed by atoms with E-state index in [1.165, 1.54) is 12.5 Å². The van der Waals surface area contributed by atoms with Crippen LogP contribution in [0.15, 0.2) is 70.9 Å². The number of esters is 1. The van der Waals surface area contributed by atoms with Crippen LogP contribution in [0, 0.1) is 5.41 Å². The summed E-state index contributed by atoms with van der Waals surface area (Å²) in [5.41, 5.74) is 3.49. The van der Waals surface area contributed by atoms with Crippen molar-refractivity contribution in [2.75, 3.05) is 0 Å². The average molecular weight is 439 g/mol. The van der Waals surface area contributed by atoms with Crippen LogP contribution in [0.25, 0.3) is 0 Å². The molecule has 174 valence electrons. The normalized spacial score (nSPS) is 20.1. The quantitative estimate of drug-likeness (QED) is 0.286. The number of hydrogen-bond donors (Lipinski definition) is 0. The number of allylic oxidation sites excluding steroid dienone is 11. The summed E-state index contributed by atoms with van der Waals surface area (Å²) < 4.78 is 5.41. The van der Waals surface area contributed by atoms with Gasteiger partial charge < -0.3 is 9.53 Å². The van der Waals surface area contributed by atoms with Crippen molar-refractivity contribution < 1.29 is 19.1 Å². The molecule has 32 heavy (non-hydrogen) atoms. The summed E-state index contributed by atoms with van der Waals surface area (Å²) in [6.45, 7) is 13.5. The summed E-state index contributed by atoms with van der Waals surface area (Å²) in [4.78, 5) is 35.9. The summed E-state index contributed by atoms with van der Waals surface area (Å²) in [6.07, 6.45) is 17.1. The molecule has 1 aliphatic rings. The molecular weight excluding hydrogens is 400 g/mol. The van der Waals surface area contributed by atoms with E-state index in [2.05, 4.69) is 52.0 Å². The van der Waals surface area contributed by atoms with Crippen LogP contribution in [0.5, 0.6) is 0 Å². The molecule has 0 aliphatic heterocycles. The molecule has 0 N–H and O–H groups in total. The number of carbonyl (C=O) groups is 3. The van der Waals surface area contributed by atoms with Gasteiger partial charge in [-0.3, -0.25) is 9.59 Å². The Morgan fingerprint density at radius 3 is 2.28 bits per heavy atom. The van der Waals surface area contributed by atoms with E-state index in [9.17, 15) is 14.4 Å². The molecule has 0 amide bonds. The van der Waals surface area contributed by atoms with Gasteiger partial charge in [-0.2, -0.15) is 0 Å². The zero-order valence-corrected chi connectivity index (χ0v) is 20.7. The van der Waals surface area contributed by atoms with Gasteiger partial charge in [0, 0.05) is 12.8 Å². The standard InChI is InChI=1S/C28H38O4/c1-8-9-10-12-20(2)13-11-14-21(3)15-17-24-23(5)27(31)25(19-28(24,6)7)32-26(30)18-16-22(4)29/h9-15,17,25H,8,16,18-19H2,1-7H3/b10-9+,13-11+,17-15+,20-12+,21-14+. The maximum absolute atomic E-state index is 12.8. The van der Waals surface area contributed by atoms with Crippen LogP contribution in [0.2, 0.25) is 0 Å². The highest BCUT2D eigenvalue weighted by molar-refractivity contribution is 6.01. The summed E-state index contributed by atoms with van der Waals surface area (Å²) in [6, 6.07) is 0. The molecule has 0 saturated heterocycles. The number of hydrogen-bond acceptors (Lipinski definition) is 4. The lowest BCUT2D eigenvalue weighted by Gasteiger charge is -2.36. The first-order chi connectivity index (χ1) is 15.0. The van der Waals surface area contributed by atoms with Crippen LogP contribution in [0.4, 0.5) is 0 Å².